The number of hydrogen-bond donors (Lipinski definition) is 0. The fourth-order valence-electron chi connectivity index (χ4n) is 5.57. The predicted molar refractivity (Wildman–Crippen MR) is 157 cm³/mol. The first-order valence-electron chi connectivity index (χ1n) is 13.4. The summed E-state index contributed by atoms with van der Waals surface area (Å²) < 4.78 is 2.56. The SMILES string of the molecule is C=CC1C(CCC(=C)/C=C\C)c2cc(C(C)(C)C)ccc2-c2cc(CC(C)C)c([Si](C)(C)C)c[n+]21. The van der Waals surface area contributed by atoms with Crippen LogP contribution in [0.5, 0.6) is 0 Å². The van der Waals surface area contributed by atoms with Crippen LogP contribution in [0.1, 0.15) is 83.0 Å². The van der Waals surface area contributed by atoms with Gasteiger partial charge in [0.1, 0.15) is 0 Å². The number of benzene rings is 1. The summed E-state index contributed by atoms with van der Waals surface area (Å²) in [6.07, 6.45) is 12.2. The van der Waals surface area contributed by atoms with Crippen molar-refractivity contribution < 1.29 is 4.57 Å². The van der Waals surface area contributed by atoms with E-state index in [0.717, 1.165) is 19.3 Å². The maximum absolute atomic E-state index is 4.36. The van der Waals surface area contributed by atoms with Crippen LogP contribution in [-0.2, 0) is 11.8 Å². The fraction of sp³-hybridized carbons (Fsp3) is 0.485. The van der Waals surface area contributed by atoms with Gasteiger partial charge < -0.3 is 0 Å². The summed E-state index contributed by atoms with van der Waals surface area (Å²) in [6, 6.07) is 10.0. The maximum atomic E-state index is 4.36. The largest absolute Gasteiger partial charge is 0.213 e. The first-order chi connectivity index (χ1) is 16.3. The van der Waals surface area contributed by atoms with E-state index in [1.54, 1.807) is 10.8 Å². The van der Waals surface area contributed by atoms with E-state index in [1.807, 2.05) is 0 Å². The highest BCUT2D eigenvalue weighted by Gasteiger charge is 2.40. The first-order valence-corrected chi connectivity index (χ1v) is 16.9. The fourth-order valence-corrected chi connectivity index (χ4v) is 7.23. The molecule has 1 aliphatic heterocycles. The summed E-state index contributed by atoms with van der Waals surface area (Å²) >= 11 is 0. The number of nitrogens with zero attached hydrogens (tertiary/aromatic N) is 1. The van der Waals surface area contributed by atoms with Crippen molar-refractivity contribution in [2.24, 2.45) is 5.92 Å². The molecule has 1 nitrogen and oxygen atoms in total. The zero-order chi connectivity index (χ0) is 26.1. The van der Waals surface area contributed by atoms with Gasteiger partial charge in [0.05, 0.1) is 14.0 Å². The van der Waals surface area contributed by atoms with Crippen molar-refractivity contribution >= 4 is 13.3 Å². The van der Waals surface area contributed by atoms with E-state index in [1.165, 1.54) is 28.0 Å². The lowest BCUT2D eigenvalue weighted by molar-refractivity contribution is -0.706. The van der Waals surface area contributed by atoms with Gasteiger partial charge in [-0.2, -0.15) is 4.57 Å². The molecule has 2 unspecified atom stereocenters. The van der Waals surface area contributed by atoms with Crippen LogP contribution in [-0.4, -0.2) is 8.07 Å². The molecule has 0 saturated heterocycles. The normalized spacial score (nSPS) is 18.0. The van der Waals surface area contributed by atoms with Crippen molar-refractivity contribution in [3.63, 3.8) is 0 Å². The van der Waals surface area contributed by atoms with Gasteiger partial charge in [-0.25, -0.2) is 0 Å². The van der Waals surface area contributed by atoms with Crippen molar-refractivity contribution in [3.8, 4) is 11.3 Å². The number of rotatable bonds is 8. The minimum absolute atomic E-state index is 0.121. The van der Waals surface area contributed by atoms with Gasteiger partial charge in [0.2, 0.25) is 5.69 Å². The molecule has 0 aliphatic carbocycles. The van der Waals surface area contributed by atoms with E-state index in [4.69, 9.17) is 0 Å². The van der Waals surface area contributed by atoms with Crippen molar-refractivity contribution in [1.29, 1.82) is 0 Å². The lowest BCUT2D eigenvalue weighted by Crippen LogP contribution is -2.53. The second kappa shape index (κ2) is 10.4. The molecule has 3 rings (SSSR count). The van der Waals surface area contributed by atoms with Gasteiger partial charge in [-0.05, 0) is 66.4 Å². The molecule has 0 bridgehead atoms. The summed E-state index contributed by atoms with van der Waals surface area (Å²) in [7, 11) is -1.52. The van der Waals surface area contributed by atoms with Gasteiger partial charge in [0, 0.05) is 16.8 Å². The van der Waals surface area contributed by atoms with Crippen LogP contribution in [0.4, 0.5) is 0 Å². The highest BCUT2D eigenvalue weighted by atomic mass is 28.3. The molecule has 2 aromatic rings. The Morgan fingerprint density at radius 2 is 1.83 bits per heavy atom. The van der Waals surface area contributed by atoms with E-state index in [9.17, 15) is 0 Å². The Hall–Kier alpha value is -2.19. The molecule has 188 valence electrons. The van der Waals surface area contributed by atoms with Gasteiger partial charge in [0.25, 0.3) is 0 Å². The quantitative estimate of drug-likeness (QED) is 0.153. The van der Waals surface area contributed by atoms with Crippen LogP contribution in [0.15, 0.2) is 67.4 Å². The van der Waals surface area contributed by atoms with Crippen LogP contribution in [0.3, 0.4) is 0 Å². The highest BCUT2D eigenvalue weighted by molar-refractivity contribution is 6.89. The third-order valence-electron chi connectivity index (χ3n) is 7.39. The van der Waals surface area contributed by atoms with Crippen LogP contribution >= 0.6 is 0 Å². The zero-order valence-electron chi connectivity index (χ0n) is 23.8. The Morgan fingerprint density at radius 3 is 2.37 bits per heavy atom. The molecule has 2 heteroatoms. The molecule has 2 atom stereocenters. The van der Waals surface area contributed by atoms with Crippen LogP contribution in [0, 0.1) is 5.92 Å². The summed E-state index contributed by atoms with van der Waals surface area (Å²) in [4.78, 5) is 0. The number of pyridine rings is 1. The second-order valence-electron chi connectivity index (χ2n) is 12.9. The molecule has 1 aromatic heterocycles. The van der Waals surface area contributed by atoms with Crippen LogP contribution < -0.4 is 9.75 Å². The van der Waals surface area contributed by atoms with E-state index in [0.29, 0.717) is 11.8 Å². The Bertz CT molecular complexity index is 1120. The maximum Gasteiger partial charge on any atom is 0.213 e. The molecule has 0 amide bonds. The molecule has 35 heavy (non-hydrogen) atoms. The lowest BCUT2D eigenvalue weighted by atomic mass is 9.76. The van der Waals surface area contributed by atoms with E-state index < -0.39 is 8.07 Å². The van der Waals surface area contributed by atoms with Crippen molar-refractivity contribution in [1.82, 2.24) is 0 Å². The molecule has 2 heterocycles. The molecule has 0 saturated carbocycles. The molecule has 0 N–H and O–H groups in total. The number of fused-ring (bicyclic) bond motifs is 3. The predicted octanol–water partition coefficient (Wildman–Crippen LogP) is 8.42. The smallest absolute Gasteiger partial charge is 0.191 e. The molecule has 1 aliphatic rings. The Balaban J connectivity index is 2.28. The van der Waals surface area contributed by atoms with Crippen molar-refractivity contribution in [3.05, 3.63) is 84.1 Å². The monoisotopic (exact) mass is 486 g/mol. The number of allylic oxidation sites excluding steroid dienone is 4. The van der Waals surface area contributed by atoms with Crippen molar-refractivity contribution in [2.45, 2.75) is 97.8 Å². The van der Waals surface area contributed by atoms with E-state index >= 15 is 0 Å². The summed E-state index contributed by atoms with van der Waals surface area (Å²) in [5.41, 5.74) is 8.50. The van der Waals surface area contributed by atoms with Gasteiger partial charge in [-0.3, -0.25) is 0 Å². The lowest BCUT2D eigenvalue weighted by Gasteiger charge is -2.33. The summed E-state index contributed by atoms with van der Waals surface area (Å²) in [5.74, 6) is 1.02. The van der Waals surface area contributed by atoms with Gasteiger partial charge in [0.15, 0.2) is 12.2 Å². The average molecular weight is 487 g/mol. The molecule has 0 radical (unpaired) electrons. The molecular formula is C33H48NSi+. The Kier molecular flexibility index (Phi) is 8.16. The Morgan fingerprint density at radius 1 is 1.14 bits per heavy atom. The van der Waals surface area contributed by atoms with Gasteiger partial charge in [-0.15, -0.1) is 0 Å². The summed E-state index contributed by atoms with van der Waals surface area (Å²) in [5, 5.41) is 1.59. The Labute approximate surface area is 216 Å². The van der Waals surface area contributed by atoms with Crippen LogP contribution in [0.2, 0.25) is 19.6 Å². The highest BCUT2D eigenvalue weighted by Crippen LogP contribution is 2.43. The molecule has 1 aromatic carbocycles. The zero-order valence-corrected chi connectivity index (χ0v) is 24.8. The van der Waals surface area contributed by atoms with Crippen molar-refractivity contribution in [2.75, 3.05) is 0 Å². The molecule has 0 fully saturated rings. The first kappa shape index (κ1) is 27.4. The van der Waals surface area contributed by atoms with E-state index in [2.05, 4.69) is 128 Å². The van der Waals surface area contributed by atoms with Gasteiger partial charge >= 0.3 is 0 Å². The standard InChI is InChI=1S/C33H48NSi/c1-12-14-24(5)15-17-27-29-21-26(33(6,7)8)16-18-28(29)31-20-25(19-23(3)4)32(35(9,10)11)22-34(31)30(27)13-2/h12-14,16,18,20-23,27,30H,2,5,15,17,19H2,1,3-4,6-11H3/q+1/b14-12-. The number of hydrogen-bond acceptors (Lipinski definition) is 0. The third kappa shape index (κ3) is 5.97. The second-order valence-corrected chi connectivity index (χ2v) is 18.0. The average Bonchev–Trinajstić information content (AvgIpc) is 2.75. The van der Waals surface area contributed by atoms with E-state index in [-0.39, 0.29) is 11.5 Å². The summed E-state index contributed by atoms with van der Waals surface area (Å²) in [6.45, 7) is 29.8. The minimum atomic E-state index is -1.52. The molecular weight excluding hydrogens is 438 g/mol. The molecule has 0 spiro atoms. The van der Waals surface area contributed by atoms with Crippen LogP contribution in [0.25, 0.3) is 11.3 Å². The third-order valence-corrected chi connectivity index (χ3v) is 9.45. The topological polar surface area (TPSA) is 3.88 Å². The minimum Gasteiger partial charge on any atom is -0.191 e. The number of aromatic nitrogens is 1. The van der Waals surface area contributed by atoms with Gasteiger partial charge in [-0.1, -0.05) is 97.3 Å².